The standard InChI is InChI=1S/C18H22N2O3S/c1-22-16-6-2-3-7-17(16)23-11-9-19-18(21)20-10-4-5-15(20)14-8-12-24-13-14/h2-3,6-8,12-13,15H,4-5,9-11H2,1H3,(H,19,21). The molecule has 2 aromatic rings. The largest absolute Gasteiger partial charge is 0.493 e. The van der Waals surface area contributed by atoms with Crippen molar-refractivity contribution < 1.29 is 14.3 Å². The van der Waals surface area contributed by atoms with Crippen LogP contribution in [0.2, 0.25) is 0 Å². The van der Waals surface area contributed by atoms with Crippen molar-refractivity contribution in [2.75, 3.05) is 26.8 Å². The molecule has 3 rings (SSSR count). The topological polar surface area (TPSA) is 50.8 Å². The van der Waals surface area contributed by atoms with Crippen LogP contribution in [0.3, 0.4) is 0 Å². The molecule has 5 nitrogen and oxygen atoms in total. The summed E-state index contributed by atoms with van der Waals surface area (Å²) in [4.78, 5) is 14.3. The maximum atomic E-state index is 12.4. The van der Waals surface area contributed by atoms with E-state index in [0.717, 1.165) is 19.4 Å². The van der Waals surface area contributed by atoms with E-state index >= 15 is 0 Å². The van der Waals surface area contributed by atoms with Crippen molar-refractivity contribution in [2.45, 2.75) is 18.9 Å². The first kappa shape index (κ1) is 16.6. The van der Waals surface area contributed by atoms with Crippen LogP contribution in [0.15, 0.2) is 41.1 Å². The number of hydrogen-bond donors (Lipinski definition) is 1. The van der Waals surface area contributed by atoms with Gasteiger partial charge < -0.3 is 19.7 Å². The molecule has 0 radical (unpaired) electrons. The highest BCUT2D eigenvalue weighted by atomic mass is 32.1. The Morgan fingerprint density at radius 1 is 1.33 bits per heavy atom. The molecule has 1 aromatic carbocycles. The minimum atomic E-state index is -0.0210. The first-order valence-electron chi connectivity index (χ1n) is 8.12. The molecule has 1 N–H and O–H groups in total. The number of para-hydroxylation sites is 2. The van der Waals surface area contributed by atoms with E-state index in [1.54, 1.807) is 18.4 Å². The molecule has 1 saturated heterocycles. The Labute approximate surface area is 146 Å². The molecule has 24 heavy (non-hydrogen) atoms. The second-order valence-electron chi connectivity index (χ2n) is 5.64. The number of hydrogen-bond acceptors (Lipinski definition) is 4. The highest BCUT2D eigenvalue weighted by Gasteiger charge is 2.29. The number of nitrogens with one attached hydrogen (secondary N) is 1. The van der Waals surface area contributed by atoms with Crippen LogP contribution in [0.4, 0.5) is 4.79 Å². The summed E-state index contributed by atoms with van der Waals surface area (Å²) in [6, 6.07) is 9.78. The van der Waals surface area contributed by atoms with Gasteiger partial charge >= 0.3 is 6.03 Å². The zero-order valence-electron chi connectivity index (χ0n) is 13.7. The number of ether oxygens (including phenoxy) is 2. The molecule has 1 aliphatic rings. The minimum absolute atomic E-state index is 0.0210. The summed E-state index contributed by atoms with van der Waals surface area (Å²) in [6.07, 6.45) is 2.08. The third-order valence-electron chi connectivity index (χ3n) is 4.15. The highest BCUT2D eigenvalue weighted by molar-refractivity contribution is 7.07. The van der Waals surface area contributed by atoms with Crippen LogP contribution in [-0.4, -0.2) is 37.7 Å². The molecular formula is C18H22N2O3S. The summed E-state index contributed by atoms with van der Waals surface area (Å²) in [5.41, 5.74) is 1.23. The third-order valence-corrected chi connectivity index (χ3v) is 4.85. The van der Waals surface area contributed by atoms with Gasteiger partial charge in [0.25, 0.3) is 0 Å². The fourth-order valence-electron chi connectivity index (χ4n) is 2.98. The predicted molar refractivity (Wildman–Crippen MR) is 94.9 cm³/mol. The number of likely N-dealkylation sites (tertiary alicyclic amines) is 1. The maximum absolute atomic E-state index is 12.4. The van der Waals surface area contributed by atoms with E-state index in [2.05, 4.69) is 22.1 Å². The zero-order valence-corrected chi connectivity index (χ0v) is 14.6. The minimum Gasteiger partial charge on any atom is -0.493 e. The lowest BCUT2D eigenvalue weighted by Crippen LogP contribution is -2.41. The third kappa shape index (κ3) is 3.82. The van der Waals surface area contributed by atoms with Gasteiger partial charge in [0.2, 0.25) is 0 Å². The monoisotopic (exact) mass is 346 g/mol. The summed E-state index contributed by atoms with van der Waals surface area (Å²) in [5.74, 6) is 1.38. The lowest BCUT2D eigenvalue weighted by molar-refractivity contribution is 0.190. The molecule has 1 unspecified atom stereocenters. The van der Waals surface area contributed by atoms with E-state index in [0.29, 0.717) is 24.7 Å². The molecule has 2 heterocycles. The lowest BCUT2D eigenvalue weighted by Gasteiger charge is -2.24. The number of rotatable bonds is 6. The van der Waals surface area contributed by atoms with Crippen LogP contribution in [0.1, 0.15) is 24.4 Å². The fourth-order valence-corrected chi connectivity index (χ4v) is 3.69. The number of carbonyl (C=O) groups excluding carboxylic acids is 1. The molecule has 128 valence electrons. The van der Waals surface area contributed by atoms with Crippen LogP contribution >= 0.6 is 11.3 Å². The van der Waals surface area contributed by atoms with Gasteiger partial charge in [-0.2, -0.15) is 11.3 Å². The molecule has 1 atom stereocenters. The first-order valence-corrected chi connectivity index (χ1v) is 9.06. The van der Waals surface area contributed by atoms with E-state index < -0.39 is 0 Å². The predicted octanol–water partition coefficient (Wildman–Crippen LogP) is 3.68. The molecule has 2 amide bonds. The van der Waals surface area contributed by atoms with Crippen molar-refractivity contribution in [1.29, 1.82) is 0 Å². The first-order chi connectivity index (χ1) is 11.8. The second-order valence-corrected chi connectivity index (χ2v) is 6.42. The summed E-state index contributed by atoms with van der Waals surface area (Å²) in [7, 11) is 1.61. The average molecular weight is 346 g/mol. The Balaban J connectivity index is 1.47. The number of methoxy groups -OCH3 is 1. The van der Waals surface area contributed by atoms with Crippen molar-refractivity contribution in [2.24, 2.45) is 0 Å². The molecule has 0 spiro atoms. The molecule has 0 saturated carbocycles. The van der Waals surface area contributed by atoms with Gasteiger partial charge in [0.05, 0.1) is 19.7 Å². The molecule has 1 aromatic heterocycles. The Hall–Kier alpha value is -2.21. The van der Waals surface area contributed by atoms with Gasteiger partial charge in [0.1, 0.15) is 6.61 Å². The number of urea groups is 1. The molecule has 1 fully saturated rings. The number of thiophene rings is 1. The Morgan fingerprint density at radius 2 is 2.17 bits per heavy atom. The Bertz CT molecular complexity index is 660. The highest BCUT2D eigenvalue weighted by Crippen LogP contribution is 2.32. The van der Waals surface area contributed by atoms with E-state index in [1.807, 2.05) is 29.2 Å². The molecule has 6 heteroatoms. The van der Waals surface area contributed by atoms with Crippen molar-refractivity contribution in [1.82, 2.24) is 10.2 Å². The second kappa shape index (κ2) is 8.06. The van der Waals surface area contributed by atoms with Gasteiger partial charge in [0.15, 0.2) is 11.5 Å². The van der Waals surface area contributed by atoms with E-state index in [4.69, 9.17) is 9.47 Å². The van der Waals surface area contributed by atoms with E-state index in [-0.39, 0.29) is 12.1 Å². The number of amides is 2. The quantitative estimate of drug-likeness (QED) is 0.812. The zero-order chi connectivity index (χ0) is 16.8. The number of nitrogens with zero attached hydrogens (tertiary/aromatic N) is 1. The summed E-state index contributed by atoms with van der Waals surface area (Å²) >= 11 is 1.67. The Kier molecular flexibility index (Phi) is 5.59. The molecule has 0 bridgehead atoms. The van der Waals surface area contributed by atoms with Crippen LogP contribution < -0.4 is 14.8 Å². The smallest absolute Gasteiger partial charge is 0.318 e. The van der Waals surface area contributed by atoms with Crippen LogP contribution in [0.5, 0.6) is 11.5 Å². The van der Waals surface area contributed by atoms with Crippen molar-refractivity contribution in [3.8, 4) is 11.5 Å². The maximum Gasteiger partial charge on any atom is 0.318 e. The van der Waals surface area contributed by atoms with Crippen LogP contribution in [0, 0.1) is 0 Å². The van der Waals surface area contributed by atoms with Gasteiger partial charge in [-0.15, -0.1) is 0 Å². The van der Waals surface area contributed by atoms with Crippen molar-refractivity contribution in [3.63, 3.8) is 0 Å². The summed E-state index contributed by atoms with van der Waals surface area (Å²) in [6.45, 7) is 1.67. The van der Waals surface area contributed by atoms with Crippen LogP contribution in [0.25, 0.3) is 0 Å². The van der Waals surface area contributed by atoms with Crippen LogP contribution in [-0.2, 0) is 0 Å². The average Bonchev–Trinajstić information content (AvgIpc) is 3.29. The summed E-state index contributed by atoms with van der Waals surface area (Å²) in [5, 5.41) is 7.14. The molecule has 1 aliphatic heterocycles. The van der Waals surface area contributed by atoms with E-state index in [9.17, 15) is 4.79 Å². The van der Waals surface area contributed by atoms with Gasteiger partial charge in [-0.3, -0.25) is 0 Å². The molecule has 0 aliphatic carbocycles. The van der Waals surface area contributed by atoms with Gasteiger partial charge in [0, 0.05) is 6.54 Å². The number of benzene rings is 1. The normalized spacial score (nSPS) is 16.9. The SMILES string of the molecule is COc1ccccc1OCCNC(=O)N1CCCC1c1ccsc1. The van der Waals surface area contributed by atoms with Gasteiger partial charge in [-0.25, -0.2) is 4.79 Å². The Morgan fingerprint density at radius 3 is 2.92 bits per heavy atom. The van der Waals surface area contributed by atoms with Crippen molar-refractivity contribution in [3.05, 3.63) is 46.7 Å². The number of carbonyl (C=O) groups is 1. The van der Waals surface area contributed by atoms with Gasteiger partial charge in [-0.05, 0) is 47.4 Å². The van der Waals surface area contributed by atoms with Gasteiger partial charge in [-0.1, -0.05) is 12.1 Å². The lowest BCUT2D eigenvalue weighted by atomic mass is 10.1. The molecular weight excluding hydrogens is 324 g/mol. The van der Waals surface area contributed by atoms with E-state index in [1.165, 1.54) is 5.56 Å². The van der Waals surface area contributed by atoms with Crippen molar-refractivity contribution >= 4 is 17.4 Å². The summed E-state index contributed by atoms with van der Waals surface area (Å²) < 4.78 is 10.9. The fraction of sp³-hybridized carbons (Fsp3) is 0.389.